The molecule has 0 saturated carbocycles. The van der Waals surface area contributed by atoms with Crippen LogP contribution in [-0.2, 0) is 19.3 Å². The number of phenols is 2. The number of hydrogen-bond acceptors (Lipinski definition) is 2. The van der Waals surface area contributed by atoms with Crippen molar-refractivity contribution in [3.63, 3.8) is 0 Å². The molecule has 0 radical (unpaired) electrons. The molecule has 2 heteroatoms. The van der Waals surface area contributed by atoms with Gasteiger partial charge in [0, 0.05) is 17.5 Å². The number of phenolic OH excluding ortho intramolecular Hbond substituents is 2. The van der Waals surface area contributed by atoms with Crippen molar-refractivity contribution in [2.24, 2.45) is 0 Å². The van der Waals surface area contributed by atoms with Crippen LogP contribution in [0.1, 0.15) is 216 Å². The highest BCUT2D eigenvalue weighted by molar-refractivity contribution is 5.48. The summed E-state index contributed by atoms with van der Waals surface area (Å²) in [5.41, 5.74) is 4.50. The van der Waals surface area contributed by atoms with Crippen molar-refractivity contribution in [2.45, 2.75) is 213 Å². The van der Waals surface area contributed by atoms with Crippen LogP contribution in [0, 0.1) is 0 Å². The summed E-state index contributed by atoms with van der Waals surface area (Å²) in [4.78, 5) is 0. The third-order valence-electron chi connectivity index (χ3n) is 10.4. The van der Waals surface area contributed by atoms with Crippen LogP contribution < -0.4 is 0 Å². The summed E-state index contributed by atoms with van der Waals surface area (Å²) in [6.07, 6.45) is 40.9. The van der Waals surface area contributed by atoms with Gasteiger partial charge < -0.3 is 10.2 Å². The molecule has 268 valence electrons. The van der Waals surface area contributed by atoms with Crippen LogP contribution in [0.4, 0.5) is 0 Å². The molecule has 0 amide bonds. The standard InChI is InChI=1S/C45H76O2/c1-3-5-7-9-11-13-15-17-19-21-23-25-27-29-33-40-35-31-37-44(46)42(40)39-43-41(36-32-38-45(43)47)34-30-28-26-24-22-20-18-16-14-12-10-8-6-4-2/h31-32,35-38,46-47H,3-30,33-34,39H2,1-2H3. The van der Waals surface area contributed by atoms with Gasteiger partial charge in [-0.3, -0.25) is 0 Å². The van der Waals surface area contributed by atoms with Gasteiger partial charge in [0.2, 0.25) is 0 Å². The molecule has 0 aliphatic rings. The molecule has 0 bridgehead atoms. The van der Waals surface area contributed by atoms with E-state index in [1.165, 1.54) is 191 Å². The minimum absolute atomic E-state index is 0.374. The summed E-state index contributed by atoms with van der Waals surface area (Å²) in [6.45, 7) is 4.58. The second kappa shape index (κ2) is 29.0. The van der Waals surface area contributed by atoms with E-state index in [-0.39, 0.29) is 0 Å². The van der Waals surface area contributed by atoms with Crippen LogP contribution in [-0.4, -0.2) is 10.2 Å². The molecule has 2 rings (SSSR count). The Kier molecular flexibility index (Phi) is 25.4. The molecule has 0 unspecified atom stereocenters. The van der Waals surface area contributed by atoms with Crippen molar-refractivity contribution < 1.29 is 10.2 Å². The quantitative estimate of drug-likeness (QED) is 0.0775. The minimum atomic E-state index is 0.374. The van der Waals surface area contributed by atoms with Crippen molar-refractivity contribution in [2.75, 3.05) is 0 Å². The number of hydrogen-bond donors (Lipinski definition) is 2. The maximum absolute atomic E-state index is 10.9. The topological polar surface area (TPSA) is 40.5 Å². The molecule has 0 spiro atoms. The smallest absolute Gasteiger partial charge is 0.119 e. The summed E-state index contributed by atoms with van der Waals surface area (Å²) >= 11 is 0. The first-order valence-corrected chi connectivity index (χ1v) is 20.8. The average Bonchev–Trinajstić information content (AvgIpc) is 3.07. The van der Waals surface area contributed by atoms with Gasteiger partial charge in [-0.2, -0.15) is 0 Å². The Hall–Kier alpha value is -1.96. The lowest BCUT2D eigenvalue weighted by Crippen LogP contribution is -2.01. The summed E-state index contributed by atoms with van der Waals surface area (Å²) in [7, 11) is 0. The van der Waals surface area contributed by atoms with Gasteiger partial charge in [0.15, 0.2) is 0 Å². The summed E-state index contributed by atoms with van der Waals surface area (Å²) < 4.78 is 0. The van der Waals surface area contributed by atoms with Gasteiger partial charge in [-0.15, -0.1) is 0 Å². The number of aryl methyl sites for hydroxylation is 2. The lowest BCUT2D eigenvalue weighted by molar-refractivity contribution is 0.460. The van der Waals surface area contributed by atoms with Crippen molar-refractivity contribution in [1.29, 1.82) is 0 Å². The molecule has 47 heavy (non-hydrogen) atoms. The molecule has 2 nitrogen and oxygen atoms in total. The van der Waals surface area contributed by atoms with E-state index in [4.69, 9.17) is 0 Å². The molecule has 0 aromatic heterocycles. The number of rotatable bonds is 32. The number of unbranched alkanes of at least 4 members (excludes halogenated alkanes) is 26. The summed E-state index contributed by atoms with van der Waals surface area (Å²) in [5, 5.41) is 21.8. The monoisotopic (exact) mass is 649 g/mol. The fraction of sp³-hybridized carbons (Fsp3) is 0.733. The van der Waals surface area contributed by atoms with Crippen LogP contribution in [0.5, 0.6) is 11.5 Å². The normalized spacial score (nSPS) is 11.4. The second-order valence-electron chi connectivity index (χ2n) is 14.7. The summed E-state index contributed by atoms with van der Waals surface area (Å²) in [5.74, 6) is 0.747. The van der Waals surface area contributed by atoms with E-state index in [0.717, 1.165) is 24.0 Å². The summed E-state index contributed by atoms with van der Waals surface area (Å²) in [6, 6.07) is 12.0. The van der Waals surface area contributed by atoms with Crippen molar-refractivity contribution >= 4 is 0 Å². The molecule has 0 heterocycles. The lowest BCUT2D eigenvalue weighted by atomic mass is 9.91. The van der Waals surface area contributed by atoms with Gasteiger partial charge >= 0.3 is 0 Å². The Morgan fingerprint density at radius 3 is 0.872 bits per heavy atom. The van der Waals surface area contributed by atoms with E-state index in [9.17, 15) is 10.2 Å². The van der Waals surface area contributed by atoms with Crippen LogP contribution in [0.25, 0.3) is 0 Å². The highest BCUT2D eigenvalue weighted by Crippen LogP contribution is 2.32. The second-order valence-corrected chi connectivity index (χ2v) is 14.7. The maximum atomic E-state index is 10.9. The van der Waals surface area contributed by atoms with Crippen molar-refractivity contribution in [3.8, 4) is 11.5 Å². The highest BCUT2D eigenvalue weighted by atomic mass is 16.3. The first kappa shape index (κ1) is 41.2. The Morgan fingerprint density at radius 2 is 0.596 bits per heavy atom. The fourth-order valence-electron chi connectivity index (χ4n) is 7.32. The Labute approximate surface area is 292 Å². The van der Waals surface area contributed by atoms with E-state index in [1.54, 1.807) is 0 Å². The molecule has 0 saturated heterocycles. The lowest BCUT2D eigenvalue weighted by Gasteiger charge is -2.16. The Balaban J connectivity index is 1.64. The highest BCUT2D eigenvalue weighted by Gasteiger charge is 2.14. The van der Waals surface area contributed by atoms with E-state index in [2.05, 4.69) is 26.0 Å². The van der Waals surface area contributed by atoms with E-state index >= 15 is 0 Å². The van der Waals surface area contributed by atoms with Crippen LogP contribution in [0.3, 0.4) is 0 Å². The predicted octanol–water partition coefficient (Wildman–Crippen LogP) is 14.7. The first-order chi connectivity index (χ1) is 23.2. The van der Waals surface area contributed by atoms with Crippen molar-refractivity contribution in [1.82, 2.24) is 0 Å². The number of aromatic hydroxyl groups is 2. The maximum Gasteiger partial charge on any atom is 0.119 e. The molecule has 0 atom stereocenters. The third kappa shape index (κ3) is 20.2. The Morgan fingerprint density at radius 1 is 0.340 bits per heavy atom. The zero-order valence-electron chi connectivity index (χ0n) is 31.3. The molecule has 2 aromatic carbocycles. The molecule has 0 fully saturated rings. The molecular formula is C45H76O2. The molecule has 0 aliphatic heterocycles. The van der Waals surface area contributed by atoms with Crippen LogP contribution in [0.2, 0.25) is 0 Å². The van der Waals surface area contributed by atoms with E-state index < -0.39 is 0 Å². The molecule has 2 N–H and O–H groups in total. The van der Waals surface area contributed by atoms with Crippen molar-refractivity contribution in [3.05, 3.63) is 58.7 Å². The predicted molar refractivity (Wildman–Crippen MR) is 207 cm³/mol. The third-order valence-corrected chi connectivity index (χ3v) is 10.4. The van der Waals surface area contributed by atoms with Gasteiger partial charge in [0.1, 0.15) is 11.5 Å². The largest absolute Gasteiger partial charge is 0.508 e. The van der Waals surface area contributed by atoms with E-state index in [1.807, 2.05) is 24.3 Å². The Bertz CT molecular complexity index is 916. The van der Waals surface area contributed by atoms with Gasteiger partial charge in [0.05, 0.1) is 0 Å². The first-order valence-electron chi connectivity index (χ1n) is 20.8. The zero-order chi connectivity index (χ0) is 33.6. The van der Waals surface area contributed by atoms with Crippen LogP contribution in [0.15, 0.2) is 36.4 Å². The average molecular weight is 649 g/mol. The SMILES string of the molecule is CCCCCCCCCCCCCCCCc1cccc(O)c1Cc1c(O)cccc1CCCCCCCCCCCCCCCC. The van der Waals surface area contributed by atoms with E-state index in [0.29, 0.717) is 17.9 Å². The molecular weight excluding hydrogens is 572 g/mol. The molecule has 0 aliphatic carbocycles. The molecule has 2 aromatic rings. The van der Waals surface area contributed by atoms with Crippen LogP contribution >= 0.6 is 0 Å². The fourth-order valence-corrected chi connectivity index (χ4v) is 7.32. The van der Waals surface area contributed by atoms with Gasteiger partial charge in [0.25, 0.3) is 0 Å². The van der Waals surface area contributed by atoms with Gasteiger partial charge in [-0.1, -0.05) is 205 Å². The minimum Gasteiger partial charge on any atom is -0.508 e. The van der Waals surface area contributed by atoms with Gasteiger partial charge in [-0.25, -0.2) is 0 Å². The zero-order valence-corrected chi connectivity index (χ0v) is 31.3. The number of benzene rings is 2. The van der Waals surface area contributed by atoms with Gasteiger partial charge in [-0.05, 0) is 48.9 Å².